The lowest BCUT2D eigenvalue weighted by Gasteiger charge is -2.20. The Hall–Kier alpha value is -3.31. The van der Waals surface area contributed by atoms with Gasteiger partial charge in [-0.3, -0.25) is 9.59 Å². The van der Waals surface area contributed by atoms with Gasteiger partial charge in [0.15, 0.2) is 0 Å². The Morgan fingerprint density at radius 1 is 1.00 bits per heavy atom. The topological polar surface area (TPSA) is 67.4 Å². The molecule has 0 saturated heterocycles. The Morgan fingerprint density at radius 2 is 1.81 bits per heavy atom. The molecule has 0 bridgehead atoms. The molecule has 1 unspecified atom stereocenters. The molecule has 0 radical (unpaired) electrons. The van der Waals surface area contributed by atoms with Gasteiger partial charge in [0.25, 0.3) is 0 Å². The number of amides is 2. The molecule has 6 heteroatoms. The summed E-state index contributed by atoms with van der Waals surface area (Å²) >= 11 is 6.18. The van der Waals surface area contributed by atoms with E-state index in [4.69, 9.17) is 16.3 Å². The molecule has 3 aromatic carbocycles. The van der Waals surface area contributed by atoms with Crippen LogP contribution in [0.1, 0.15) is 42.0 Å². The second kappa shape index (κ2) is 10.3. The van der Waals surface area contributed by atoms with Crippen molar-refractivity contribution in [3.63, 3.8) is 0 Å². The number of hydrogen-bond acceptors (Lipinski definition) is 3. The van der Waals surface area contributed by atoms with Gasteiger partial charge in [-0.1, -0.05) is 54.1 Å². The van der Waals surface area contributed by atoms with E-state index < -0.39 is 0 Å². The molecule has 164 valence electrons. The standard InChI is InChI=1S/C26H25ClN2O3/c27-21-9-4-8-20(16-21)26(18-6-2-1-3-7-18)29-24(30)10-5-15-32-22-12-13-23-19(17-22)11-14-25(31)28-23/h1-4,6-9,12-13,16-17,26H,5,10-11,14-15H2,(H,28,31)(H,29,30). The molecular weight excluding hydrogens is 424 g/mol. The third-order valence-corrected chi connectivity index (χ3v) is 5.64. The molecule has 1 atom stereocenters. The number of fused-ring (bicyclic) bond motifs is 1. The summed E-state index contributed by atoms with van der Waals surface area (Å²) in [6.45, 7) is 0.436. The number of aryl methyl sites for hydroxylation is 1. The second-order valence-electron chi connectivity index (χ2n) is 7.79. The van der Waals surface area contributed by atoms with E-state index in [1.807, 2.05) is 72.8 Å². The average Bonchev–Trinajstić information content (AvgIpc) is 2.81. The molecule has 0 aromatic heterocycles. The van der Waals surface area contributed by atoms with Crippen molar-refractivity contribution in [1.29, 1.82) is 0 Å². The Bertz CT molecular complexity index is 1100. The van der Waals surface area contributed by atoms with E-state index in [1.54, 1.807) is 0 Å². The zero-order valence-electron chi connectivity index (χ0n) is 17.6. The third-order valence-electron chi connectivity index (χ3n) is 5.41. The fourth-order valence-electron chi connectivity index (χ4n) is 3.80. The maximum atomic E-state index is 12.7. The molecule has 1 heterocycles. The van der Waals surface area contributed by atoms with Gasteiger partial charge in [-0.05, 0) is 59.9 Å². The van der Waals surface area contributed by atoms with Gasteiger partial charge in [-0.15, -0.1) is 0 Å². The maximum absolute atomic E-state index is 12.7. The minimum absolute atomic E-state index is 0.0451. The van der Waals surface area contributed by atoms with Crippen molar-refractivity contribution < 1.29 is 14.3 Å². The summed E-state index contributed by atoms with van der Waals surface area (Å²) < 4.78 is 5.83. The van der Waals surface area contributed by atoms with Gasteiger partial charge in [0.05, 0.1) is 12.6 Å². The van der Waals surface area contributed by atoms with Crippen LogP contribution < -0.4 is 15.4 Å². The number of nitrogens with one attached hydrogen (secondary N) is 2. The van der Waals surface area contributed by atoms with Crippen LogP contribution in [0.5, 0.6) is 5.75 Å². The highest BCUT2D eigenvalue weighted by molar-refractivity contribution is 6.30. The van der Waals surface area contributed by atoms with Crippen LogP contribution in [-0.2, 0) is 16.0 Å². The van der Waals surface area contributed by atoms with E-state index in [0.29, 0.717) is 37.3 Å². The van der Waals surface area contributed by atoms with Crippen LogP contribution in [0.25, 0.3) is 0 Å². The zero-order valence-corrected chi connectivity index (χ0v) is 18.4. The van der Waals surface area contributed by atoms with Gasteiger partial charge in [0, 0.05) is 23.6 Å². The molecule has 1 aliphatic rings. The summed E-state index contributed by atoms with van der Waals surface area (Å²) in [7, 11) is 0. The molecule has 5 nitrogen and oxygen atoms in total. The Morgan fingerprint density at radius 3 is 2.62 bits per heavy atom. The number of benzene rings is 3. The molecule has 2 N–H and O–H groups in total. The van der Waals surface area contributed by atoms with Crippen molar-refractivity contribution in [2.45, 2.75) is 31.7 Å². The van der Waals surface area contributed by atoms with Crippen molar-refractivity contribution in [3.05, 3.63) is 94.5 Å². The number of ether oxygens (including phenoxy) is 1. The van der Waals surface area contributed by atoms with E-state index >= 15 is 0 Å². The molecule has 2 amide bonds. The first-order chi connectivity index (χ1) is 15.6. The predicted octanol–water partition coefficient (Wildman–Crippen LogP) is 5.29. The van der Waals surface area contributed by atoms with Crippen molar-refractivity contribution in [1.82, 2.24) is 5.32 Å². The fourth-order valence-corrected chi connectivity index (χ4v) is 3.99. The minimum atomic E-state index is -0.265. The number of rotatable bonds is 8. The molecule has 0 spiro atoms. The summed E-state index contributed by atoms with van der Waals surface area (Å²) in [5.74, 6) is 0.751. The summed E-state index contributed by atoms with van der Waals surface area (Å²) in [4.78, 5) is 24.2. The van der Waals surface area contributed by atoms with Crippen LogP contribution in [0.4, 0.5) is 5.69 Å². The number of carbonyl (C=O) groups is 2. The molecule has 3 aromatic rings. The third kappa shape index (κ3) is 5.68. The molecular formula is C26H25ClN2O3. The van der Waals surface area contributed by atoms with E-state index in [-0.39, 0.29) is 17.9 Å². The van der Waals surface area contributed by atoms with Crippen LogP contribution in [0, 0.1) is 0 Å². The fraction of sp³-hybridized carbons (Fsp3) is 0.231. The lowest BCUT2D eigenvalue weighted by Crippen LogP contribution is -2.29. The van der Waals surface area contributed by atoms with E-state index in [2.05, 4.69) is 10.6 Å². The second-order valence-corrected chi connectivity index (χ2v) is 8.22. The van der Waals surface area contributed by atoms with Crippen LogP contribution in [0.3, 0.4) is 0 Å². The lowest BCUT2D eigenvalue weighted by molar-refractivity contribution is -0.121. The molecule has 0 fully saturated rings. The van der Waals surface area contributed by atoms with Gasteiger partial charge in [-0.2, -0.15) is 0 Å². The number of hydrogen-bond donors (Lipinski definition) is 2. The predicted molar refractivity (Wildman–Crippen MR) is 126 cm³/mol. The van der Waals surface area contributed by atoms with Gasteiger partial charge in [0.2, 0.25) is 11.8 Å². The molecule has 1 aliphatic heterocycles. The molecule has 0 aliphatic carbocycles. The molecule has 32 heavy (non-hydrogen) atoms. The largest absolute Gasteiger partial charge is 0.494 e. The average molecular weight is 449 g/mol. The normalized spacial score (nSPS) is 13.6. The van der Waals surface area contributed by atoms with Crippen molar-refractivity contribution in [2.24, 2.45) is 0 Å². The van der Waals surface area contributed by atoms with Gasteiger partial charge < -0.3 is 15.4 Å². The first-order valence-corrected chi connectivity index (χ1v) is 11.1. The first-order valence-electron chi connectivity index (χ1n) is 10.7. The Balaban J connectivity index is 1.32. The monoisotopic (exact) mass is 448 g/mol. The SMILES string of the molecule is O=C1CCc2cc(OCCCC(=O)NC(c3ccccc3)c3cccc(Cl)c3)ccc2N1. The van der Waals surface area contributed by atoms with Crippen LogP contribution in [-0.4, -0.2) is 18.4 Å². The van der Waals surface area contributed by atoms with Crippen molar-refractivity contribution in [3.8, 4) is 5.75 Å². The summed E-state index contributed by atoms with van der Waals surface area (Å²) in [5, 5.41) is 6.62. The highest BCUT2D eigenvalue weighted by Gasteiger charge is 2.17. The number of carbonyl (C=O) groups excluding carboxylic acids is 2. The van der Waals surface area contributed by atoms with Crippen LogP contribution in [0.15, 0.2) is 72.8 Å². The van der Waals surface area contributed by atoms with Gasteiger partial charge >= 0.3 is 0 Å². The summed E-state index contributed by atoms with van der Waals surface area (Å²) in [5.41, 5.74) is 3.86. The highest BCUT2D eigenvalue weighted by atomic mass is 35.5. The van der Waals surface area contributed by atoms with Gasteiger partial charge in [0.1, 0.15) is 5.75 Å². The van der Waals surface area contributed by atoms with E-state index in [0.717, 1.165) is 28.1 Å². The highest BCUT2D eigenvalue weighted by Crippen LogP contribution is 2.27. The van der Waals surface area contributed by atoms with Crippen LogP contribution >= 0.6 is 11.6 Å². The number of halogens is 1. The minimum Gasteiger partial charge on any atom is -0.494 e. The lowest BCUT2D eigenvalue weighted by atomic mass is 9.98. The van der Waals surface area contributed by atoms with Crippen LogP contribution in [0.2, 0.25) is 5.02 Å². The van der Waals surface area contributed by atoms with E-state index in [1.165, 1.54) is 0 Å². The van der Waals surface area contributed by atoms with Crippen molar-refractivity contribution >= 4 is 29.1 Å². The first kappa shape index (κ1) is 21.9. The molecule has 0 saturated carbocycles. The maximum Gasteiger partial charge on any atom is 0.224 e. The smallest absolute Gasteiger partial charge is 0.224 e. The quantitative estimate of drug-likeness (QED) is 0.460. The Labute approximate surface area is 192 Å². The summed E-state index contributed by atoms with van der Waals surface area (Å²) in [6, 6.07) is 22.8. The molecule has 4 rings (SSSR count). The van der Waals surface area contributed by atoms with Crippen molar-refractivity contribution in [2.75, 3.05) is 11.9 Å². The van der Waals surface area contributed by atoms with E-state index in [9.17, 15) is 9.59 Å². The zero-order chi connectivity index (χ0) is 22.3. The number of anilines is 1. The van der Waals surface area contributed by atoms with Gasteiger partial charge in [-0.25, -0.2) is 0 Å². The Kier molecular flexibility index (Phi) is 7.07. The summed E-state index contributed by atoms with van der Waals surface area (Å²) in [6.07, 6.45) is 2.15.